The van der Waals surface area contributed by atoms with Gasteiger partial charge < -0.3 is 0 Å². The molecule has 2 atom stereocenters. The first-order chi connectivity index (χ1) is 5.58. The third-order valence-corrected chi connectivity index (χ3v) is 3.56. The first-order valence-corrected chi connectivity index (χ1v) is 5.24. The Labute approximate surface area is 77.1 Å². The van der Waals surface area contributed by atoms with Gasteiger partial charge >= 0.3 is 0 Å². The van der Waals surface area contributed by atoms with Crippen molar-refractivity contribution in [3.05, 3.63) is 11.6 Å². The van der Waals surface area contributed by atoms with E-state index >= 15 is 0 Å². The van der Waals surface area contributed by atoms with E-state index in [1.54, 1.807) is 5.57 Å². The molecule has 0 aromatic carbocycles. The summed E-state index contributed by atoms with van der Waals surface area (Å²) >= 11 is 0. The molecule has 1 rings (SSSR count). The maximum Gasteiger partial charge on any atom is -0.0263 e. The highest BCUT2D eigenvalue weighted by Crippen LogP contribution is 2.43. The summed E-state index contributed by atoms with van der Waals surface area (Å²) in [6.07, 6.45) is 7.77. The fourth-order valence-electron chi connectivity index (χ4n) is 2.34. The van der Waals surface area contributed by atoms with Crippen LogP contribution in [0, 0.1) is 11.3 Å². The molecular weight excluding hydrogens is 144 g/mol. The number of rotatable bonds is 2. The summed E-state index contributed by atoms with van der Waals surface area (Å²) in [4.78, 5) is 0. The lowest BCUT2D eigenvalue weighted by Crippen LogP contribution is -2.27. The topological polar surface area (TPSA) is 0 Å². The van der Waals surface area contributed by atoms with E-state index in [-0.39, 0.29) is 0 Å². The van der Waals surface area contributed by atoms with Crippen LogP contribution in [0.4, 0.5) is 0 Å². The predicted molar refractivity (Wildman–Crippen MR) is 55.2 cm³/mol. The minimum Gasteiger partial charge on any atom is -0.0850 e. The molecule has 1 aliphatic rings. The second kappa shape index (κ2) is 3.64. The quantitative estimate of drug-likeness (QED) is 0.540. The van der Waals surface area contributed by atoms with Crippen molar-refractivity contribution in [2.24, 2.45) is 11.3 Å². The van der Waals surface area contributed by atoms with E-state index in [2.05, 4.69) is 33.8 Å². The van der Waals surface area contributed by atoms with Crippen molar-refractivity contribution in [2.75, 3.05) is 0 Å². The summed E-state index contributed by atoms with van der Waals surface area (Å²) < 4.78 is 0. The predicted octanol–water partition coefficient (Wildman–Crippen LogP) is 4.17. The average Bonchev–Trinajstić information content (AvgIpc) is 1.99. The molecule has 0 heteroatoms. The third kappa shape index (κ3) is 1.91. The van der Waals surface area contributed by atoms with E-state index in [1.807, 2.05) is 0 Å². The zero-order valence-electron chi connectivity index (χ0n) is 8.98. The molecule has 70 valence electrons. The van der Waals surface area contributed by atoms with Gasteiger partial charge in [0.15, 0.2) is 0 Å². The Bertz CT molecular complexity index is 178. The third-order valence-electron chi connectivity index (χ3n) is 3.56. The van der Waals surface area contributed by atoms with Crippen LogP contribution in [0.1, 0.15) is 53.4 Å². The molecule has 0 bridgehead atoms. The molecule has 12 heavy (non-hydrogen) atoms. The van der Waals surface area contributed by atoms with E-state index in [0.29, 0.717) is 5.41 Å². The lowest BCUT2D eigenvalue weighted by atomic mass is 9.67. The van der Waals surface area contributed by atoms with Crippen molar-refractivity contribution in [3.8, 4) is 0 Å². The zero-order chi connectivity index (χ0) is 9.19. The normalized spacial score (nSPS) is 36.3. The van der Waals surface area contributed by atoms with Crippen LogP contribution in [0.5, 0.6) is 0 Å². The molecule has 0 aromatic heterocycles. The largest absolute Gasteiger partial charge is 0.0850 e. The van der Waals surface area contributed by atoms with Gasteiger partial charge in [-0.3, -0.25) is 0 Å². The molecule has 0 spiro atoms. The maximum atomic E-state index is 2.45. The summed E-state index contributed by atoms with van der Waals surface area (Å²) in [7, 11) is 0. The van der Waals surface area contributed by atoms with Crippen molar-refractivity contribution >= 4 is 0 Å². The molecule has 0 N–H and O–H groups in total. The van der Waals surface area contributed by atoms with Crippen LogP contribution >= 0.6 is 0 Å². The molecule has 0 saturated carbocycles. The average molecular weight is 166 g/mol. The Morgan fingerprint density at radius 2 is 2.25 bits per heavy atom. The van der Waals surface area contributed by atoms with Gasteiger partial charge in [0.2, 0.25) is 0 Å². The van der Waals surface area contributed by atoms with Gasteiger partial charge in [-0.25, -0.2) is 0 Å². The van der Waals surface area contributed by atoms with E-state index in [1.165, 1.54) is 25.7 Å². The smallest absolute Gasteiger partial charge is 0.0263 e. The van der Waals surface area contributed by atoms with Gasteiger partial charge in [-0.1, -0.05) is 38.8 Å². The van der Waals surface area contributed by atoms with Gasteiger partial charge in [-0.05, 0) is 37.5 Å². The van der Waals surface area contributed by atoms with Gasteiger partial charge in [-0.15, -0.1) is 0 Å². The van der Waals surface area contributed by atoms with Crippen molar-refractivity contribution in [1.29, 1.82) is 0 Å². The van der Waals surface area contributed by atoms with E-state index < -0.39 is 0 Å². The number of allylic oxidation sites excluding steroid dienone is 2. The van der Waals surface area contributed by atoms with Crippen LogP contribution in [0.15, 0.2) is 11.6 Å². The van der Waals surface area contributed by atoms with E-state index in [9.17, 15) is 0 Å². The van der Waals surface area contributed by atoms with Crippen LogP contribution in [0.3, 0.4) is 0 Å². The van der Waals surface area contributed by atoms with E-state index in [4.69, 9.17) is 0 Å². The minimum atomic E-state index is 0.592. The van der Waals surface area contributed by atoms with Crippen molar-refractivity contribution in [2.45, 2.75) is 53.4 Å². The maximum absolute atomic E-state index is 2.45. The van der Waals surface area contributed by atoms with Gasteiger partial charge in [0.05, 0.1) is 0 Å². The second-order valence-corrected chi connectivity index (χ2v) is 4.76. The van der Waals surface area contributed by atoms with Crippen LogP contribution in [0.2, 0.25) is 0 Å². The summed E-state index contributed by atoms with van der Waals surface area (Å²) in [5.74, 6) is 0.877. The van der Waals surface area contributed by atoms with Crippen molar-refractivity contribution in [1.82, 2.24) is 0 Å². The Balaban J connectivity index is 2.66. The standard InChI is InChI=1S/C12H22/c1-5-7-12(4)8-6-10(2)9-11(12)3/h6,11H,5,7-9H2,1-4H3. The Kier molecular flexibility index (Phi) is 2.98. The van der Waals surface area contributed by atoms with Crippen LogP contribution in [0.25, 0.3) is 0 Å². The SMILES string of the molecule is CCCC1(C)CC=C(C)CC1C. The molecule has 0 nitrogen and oxygen atoms in total. The highest BCUT2D eigenvalue weighted by Gasteiger charge is 2.31. The molecule has 0 heterocycles. The van der Waals surface area contributed by atoms with Gasteiger partial charge in [0.1, 0.15) is 0 Å². The van der Waals surface area contributed by atoms with Gasteiger partial charge in [0.25, 0.3) is 0 Å². The lowest BCUT2D eigenvalue weighted by Gasteiger charge is -2.38. The van der Waals surface area contributed by atoms with Crippen molar-refractivity contribution in [3.63, 3.8) is 0 Å². The summed E-state index contributed by atoms with van der Waals surface area (Å²) in [6, 6.07) is 0. The van der Waals surface area contributed by atoms with Gasteiger partial charge in [-0.2, -0.15) is 0 Å². The second-order valence-electron chi connectivity index (χ2n) is 4.76. The highest BCUT2D eigenvalue weighted by atomic mass is 14.4. The fraction of sp³-hybridized carbons (Fsp3) is 0.833. The number of hydrogen-bond acceptors (Lipinski definition) is 0. The van der Waals surface area contributed by atoms with Crippen molar-refractivity contribution < 1.29 is 0 Å². The molecule has 2 unspecified atom stereocenters. The van der Waals surface area contributed by atoms with Crippen LogP contribution in [-0.2, 0) is 0 Å². The first kappa shape index (κ1) is 9.83. The molecule has 0 amide bonds. The summed E-state index contributed by atoms with van der Waals surface area (Å²) in [5, 5.41) is 0. The highest BCUT2D eigenvalue weighted by molar-refractivity contribution is 5.08. The van der Waals surface area contributed by atoms with Gasteiger partial charge in [0, 0.05) is 0 Å². The van der Waals surface area contributed by atoms with Crippen LogP contribution in [-0.4, -0.2) is 0 Å². The van der Waals surface area contributed by atoms with Crippen LogP contribution < -0.4 is 0 Å². The summed E-state index contributed by atoms with van der Waals surface area (Å²) in [6.45, 7) is 9.42. The minimum absolute atomic E-state index is 0.592. The molecule has 0 aliphatic heterocycles. The summed E-state index contributed by atoms with van der Waals surface area (Å²) in [5.41, 5.74) is 2.19. The monoisotopic (exact) mass is 166 g/mol. The number of hydrogen-bond donors (Lipinski definition) is 0. The lowest BCUT2D eigenvalue weighted by molar-refractivity contribution is 0.172. The fourth-order valence-corrected chi connectivity index (χ4v) is 2.34. The molecule has 0 fully saturated rings. The molecule has 0 radical (unpaired) electrons. The molecule has 0 saturated heterocycles. The Morgan fingerprint density at radius 3 is 2.75 bits per heavy atom. The molecule has 0 aromatic rings. The first-order valence-electron chi connectivity index (χ1n) is 5.24. The molecular formula is C12H22. The Hall–Kier alpha value is -0.260. The van der Waals surface area contributed by atoms with E-state index in [0.717, 1.165) is 5.92 Å². The zero-order valence-corrected chi connectivity index (χ0v) is 8.98. The molecule has 1 aliphatic carbocycles. The Morgan fingerprint density at radius 1 is 1.58 bits per heavy atom.